The zero-order valence-electron chi connectivity index (χ0n) is 11.4. The molecule has 0 fully saturated rings. The van der Waals surface area contributed by atoms with E-state index in [0.717, 1.165) is 0 Å². The number of hydrogen-bond donors (Lipinski definition) is 2. The summed E-state index contributed by atoms with van der Waals surface area (Å²) in [5.41, 5.74) is 1.30. The van der Waals surface area contributed by atoms with Crippen molar-refractivity contribution in [1.29, 1.82) is 0 Å². The van der Waals surface area contributed by atoms with Crippen molar-refractivity contribution in [2.75, 3.05) is 10.6 Å². The van der Waals surface area contributed by atoms with Crippen LogP contribution in [0.15, 0.2) is 47.1 Å². The third-order valence-electron chi connectivity index (χ3n) is 2.80. The highest BCUT2D eigenvalue weighted by atomic mass is 79.9. The van der Waals surface area contributed by atoms with E-state index in [1.54, 1.807) is 36.4 Å². The summed E-state index contributed by atoms with van der Waals surface area (Å²) in [7, 11) is 0. The monoisotopic (exact) mass is 350 g/mol. The molecule has 2 aromatic rings. The number of amides is 2. The zero-order chi connectivity index (χ0) is 15.2. The normalized spacial score (nSPS) is 11.7. The van der Waals surface area contributed by atoms with Crippen LogP contribution in [0.25, 0.3) is 0 Å². The summed E-state index contributed by atoms with van der Waals surface area (Å²) < 4.78 is 5.01. The lowest BCUT2D eigenvalue weighted by molar-refractivity contribution is -0.115. The van der Waals surface area contributed by atoms with Crippen LogP contribution in [0.5, 0.6) is 0 Å². The first-order chi connectivity index (χ1) is 10.1. The average Bonchev–Trinajstić information content (AvgIpc) is 3.02. The van der Waals surface area contributed by atoms with Crippen LogP contribution in [0.1, 0.15) is 23.9 Å². The Bertz CT molecular complexity index is 608. The Hall–Kier alpha value is -2.08. The summed E-state index contributed by atoms with van der Waals surface area (Å²) in [5, 5.41) is 5.49. The van der Waals surface area contributed by atoms with Crippen molar-refractivity contribution >= 4 is 39.1 Å². The molecule has 0 radical (unpaired) electrons. The van der Waals surface area contributed by atoms with Crippen LogP contribution in [0.4, 0.5) is 11.4 Å². The van der Waals surface area contributed by atoms with Gasteiger partial charge in [-0.1, -0.05) is 22.9 Å². The predicted molar refractivity (Wildman–Crippen MR) is 84.7 cm³/mol. The largest absolute Gasteiger partial charge is 0.459 e. The minimum Gasteiger partial charge on any atom is -0.459 e. The maximum absolute atomic E-state index is 11.8. The van der Waals surface area contributed by atoms with E-state index in [0.29, 0.717) is 17.8 Å². The van der Waals surface area contributed by atoms with Crippen molar-refractivity contribution in [1.82, 2.24) is 0 Å². The Morgan fingerprint density at radius 3 is 2.29 bits per heavy atom. The molecule has 2 amide bonds. The lowest BCUT2D eigenvalue weighted by atomic mass is 10.2. The molecule has 110 valence electrons. The number of alkyl halides is 1. The highest BCUT2D eigenvalue weighted by Gasteiger charge is 2.12. The number of hydrogen-bond acceptors (Lipinski definition) is 3. The Morgan fingerprint density at radius 1 is 1.14 bits per heavy atom. The molecule has 2 N–H and O–H groups in total. The molecule has 5 nitrogen and oxygen atoms in total. The highest BCUT2D eigenvalue weighted by Crippen LogP contribution is 2.16. The van der Waals surface area contributed by atoms with Crippen LogP contribution >= 0.6 is 15.9 Å². The molecule has 1 aromatic heterocycles. The Kier molecular flexibility index (Phi) is 5.16. The number of carbonyl (C=O) groups excluding carboxylic acids is 2. The van der Waals surface area contributed by atoms with Crippen LogP contribution in [-0.2, 0) is 4.79 Å². The number of benzene rings is 1. The fraction of sp³-hybridized carbons (Fsp3) is 0.200. The van der Waals surface area contributed by atoms with Gasteiger partial charge in [-0.05, 0) is 42.8 Å². The molecule has 0 aliphatic rings. The summed E-state index contributed by atoms with van der Waals surface area (Å²) in [6.07, 6.45) is 2.15. The van der Waals surface area contributed by atoms with Crippen molar-refractivity contribution in [3.05, 3.63) is 48.4 Å². The molecule has 1 aromatic carbocycles. The second kappa shape index (κ2) is 7.08. The van der Waals surface area contributed by atoms with Gasteiger partial charge in [-0.3, -0.25) is 9.59 Å². The van der Waals surface area contributed by atoms with Crippen molar-refractivity contribution in [3.63, 3.8) is 0 Å². The number of rotatable bonds is 5. The molecule has 1 heterocycles. The first-order valence-electron chi connectivity index (χ1n) is 6.50. The number of anilines is 2. The Morgan fingerprint density at radius 2 is 1.76 bits per heavy atom. The van der Waals surface area contributed by atoms with E-state index in [-0.39, 0.29) is 22.4 Å². The van der Waals surface area contributed by atoms with Gasteiger partial charge in [-0.2, -0.15) is 0 Å². The Labute approximate surface area is 130 Å². The van der Waals surface area contributed by atoms with Crippen LogP contribution in [0.2, 0.25) is 0 Å². The van der Waals surface area contributed by atoms with E-state index >= 15 is 0 Å². The van der Waals surface area contributed by atoms with Crippen LogP contribution in [-0.4, -0.2) is 16.6 Å². The predicted octanol–water partition coefficient (Wildman–Crippen LogP) is 3.64. The summed E-state index contributed by atoms with van der Waals surface area (Å²) in [4.78, 5) is 23.3. The van der Waals surface area contributed by atoms with Gasteiger partial charge in [0, 0.05) is 11.4 Å². The fourth-order valence-electron chi connectivity index (χ4n) is 1.64. The smallest absolute Gasteiger partial charge is 0.291 e. The van der Waals surface area contributed by atoms with Gasteiger partial charge < -0.3 is 15.1 Å². The molecule has 0 aliphatic carbocycles. The van der Waals surface area contributed by atoms with E-state index in [2.05, 4.69) is 26.6 Å². The third-order valence-corrected chi connectivity index (χ3v) is 3.86. The van der Waals surface area contributed by atoms with Crippen molar-refractivity contribution in [3.8, 4) is 0 Å². The number of carbonyl (C=O) groups is 2. The molecule has 0 saturated heterocycles. The summed E-state index contributed by atoms with van der Waals surface area (Å²) >= 11 is 3.29. The lowest BCUT2D eigenvalue weighted by Crippen LogP contribution is -2.21. The maximum Gasteiger partial charge on any atom is 0.291 e. The number of furan rings is 1. The fourth-order valence-corrected chi connectivity index (χ4v) is 1.76. The van der Waals surface area contributed by atoms with Crippen molar-refractivity contribution in [2.45, 2.75) is 18.2 Å². The van der Waals surface area contributed by atoms with E-state index in [9.17, 15) is 9.59 Å². The van der Waals surface area contributed by atoms with Gasteiger partial charge in [0.05, 0.1) is 11.1 Å². The summed E-state index contributed by atoms with van der Waals surface area (Å²) in [6.45, 7) is 1.92. The first kappa shape index (κ1) is 15.3. The van der Waals surface area contributed by atoms with E-state index in [4.69, 9.17) is 4.42 Å². The molecule has 0 spiro atoms. The Balaban J connectivity index is 1.96. The maximum atomic E-state index is 11.8. The molecule has 6 heteroatoms. The van der Waals surface area contributed by atoms with Gasteiger partial charge >= 0.3 is 0 Å². The standard InChI is InChI=1S/C15H15BrN2O3/c1-2-12(16)14(19)17-10-5-7-11(8-6-10)18-15(20)13-4-3-9-21-13/h3-9,12H,2H2,1H3,(H,17,19)(H,18,20). The topological polar surface area (TPSA) is 71.3 Å². The molecule has 0 aliphatic heterocycles. The van der Waals surface area contributed by atoms with Gasteiger partial charge in [0.25, 0.3) is 5.91 Å². The number of halogens is 1. The quantitative estimate of drug-likeness (QED) is 0.808. The zero-order valence-corrected chi connectivity index (χ0v) is 13.0. The van der Waals surface area contributed by atoms with Gasteiger partial charge in [-0.15, -0.1) is 0 Å². The molecular formula is C15H15BrN2O3. The molecule has 21 heavy (non-hydrogen) atoms. The van der Waals surface area contributed by atoms with E-state index in [1.807, 2.05) is 6.92 Å². The minimum absolute atomic E-state index is 0.0927. The van der Waals surface area contributed by atoms with Crippen molar-refractivity contribution < 1.29 is 14.0 Å². The third kappa shape index (κ3) is 4.19. The van der Waals surface area contributed by atoms with Crippen LogP contribution < -0.4 is 10.6 Å². The average molecular weight is 351 g/mol. The molecular weight excluding hydrogens is 336 g/mol. The van der Waals surface area contributed by atoms with E-state index < -0.39 is 0 Å². The molecule has 1 unspecified atom stereocenters. The van der Waals surface area contributed by atoms with Gasteiger partial charge in [0.2, 0.25) is 5.91 Å². The lowest BCUT2D eigenvalue weighted by Gasteiger charge is -2.09. The number of nitrogens with one attached hydrogen (secondary N) is 2. The van der Waals surface area contributed by atoms with Gasteiger partial charge in [0.1, 0.15) is 0 Å². The first-order valence-corrected chi connectivity index (χ1v) is 7.41. The highest BCUT2D eigenvalue weighted by molar-refractivity contribution is 9.10. The molecule has 0 bridgehead atoms. The SMILES string of the molecule is CCC(Br)C(=O)Nc1ccc(NC(=O)c2ccco2)cc1. The second-order valence-electron chi connectivity index (χ2n) is 4.37. The summed E-state index contributed by atoms with van der Waals surface area (Å²) in [6, 6.07) is 10.1. The van der Waals surface area contributed by atoms with Gasteiger partial charge in [0.15, 0.2) is 5.76 Å². The van der Waals surface area contributed by atoms with Crippen LogP contribution in [0.3, 0.4) is 0 Å². The second-order valence-corrected chi connectivity index (χ2v) is 5.48. The minimum atomic E-state index is -0.316. The van der Waals surface area contributed by atoms with Gasteiger partial charge in [-0.25, -0.2) is 0 Å². The van der Waals surface area contributed by atoms with E-state index in [1.165, 1.54) is 6.26 Å². The molecule has 2 rings (SSSR count). The summed E-state index contributed by atoms with van der Waals surface area (Å²) in [5.74, 6) is -0.161. The van der Waals surface area contributed by atoms with Crippen LogP contribution in [0, 0.1) is 0 Å². The molecule has 1 atom stereocenters. The molecule has 0 saturated carbocycles. The van der Waals surface area contributed by atoms with Crippen molar-refractivity contribution in [2.24, 2.45) is 0 Å².